The number of aromatic amines is 1. The molecule has 25 nitrogen and oxygen atoms in total. The van der Waals surface area contributed by atoms with E-state index in [0.717, 1.165) is 10.9 Å². The van der Waals surface area contributed by atoms with Crippen LogP contribution in [0, 0.1) is 0 Å². The number of hydrogen-bond acceptors (Lipinski definition) is 12. The largest absolute Gasteiger partial charge is 0.370 e. The first-order chi connectivity index (χ1) is 35.8. The molecule has 408 valence electrons. The van der Waals surface area contributed by atoms with Crippen molar-refractivity contribution < 1.29 is 43.2 Å². The molecular formula is C49H72N16O9S. The van der Waals surface area contributed by atoms with Crippen molar-refractivity contribution in [1.29, 1.82) is 0 Å². The lowest BCUT2D eigenvalue weighted by atomic mass is 10.0. The number of carbonyl (C=O) groups is 9. The molecule has 4 rings (SSSR count). The third-order valence-corrected chi connectivity index (χ3v) is 12.7. The molecule has 0 aliphatic carbocycles. The summed E-state index contributed by atoms with van der Waals surface area (Å²) in [5.41, 5.74) is 29.9. The molecule has 9 amide bonds. The predicted octanol–water partition coefficient (Wildman–Crippen LogP) is -2.60. The third kappa shape index (κ3) is 20.9. The lowest BCUT2D eigenvalue weighted by Gasteiger charge is -2.28. The van der Waals surface area contributed by atoms with Gasteiger partial charge in [0, 0.05) is 56.5 Å². The first kappa shape index (κ1) is 59.7. The van der Waals surface area contributed by atoms with Gasteiger partial charge in [-0.2, -0.15) is 11.8 Å². The first-order valence-corrected chi connectivity index (χ1v) is 26.1. The molecular weight excluding hydrogens is 989 g/mol. The Kier molecular flexibility index (Phi) is 24.6. The number of guanidine groups is 2. The van der Waals surface area contributed by atoms with Crippen molar-refractivity contribution in [2.45, 2.75) is 120 Å². The minimum atomic E-state index is -1.59. The van der Waals surface area contributed by atoms with E-state index in [2.05, 4.69) is 57.5 Å². The number of nitrogens with zero attached hydrogens (tertiary/aromatic N) is 2. The fourth-order valence-electron chi connectivity index (χ4n) is 8.17. The zero-order chi connectivity index (χ0) is 54.9. The third-order valence-electron chi connectivity index (χ3n) is 12.0. The molecule has 26 heteroatoms. The summed E-state index contributed by atoms with van der Waals surface area (Å²) in [6.45, 7) is 1.43. The molecule has 1 aliphatic rings. The van der Waals surface area contributed by atoms with E-state index in [0.29, 0.717) is 16.9 Å². The Morgan fingerprint density at radius 3 is 1.95 bits per heavy atom. The van der Waals surface area contributed by atoms with Crippen molar-refractivity contribution in [3.05, 3.63) is 71.9 Å². The molecule has 1 aromatic heterocycles. The Morgan fingerprint density at radius 1 is 0.707 bits per heavy atom. The Hall–Kier alpha value is -7.90. The first-order valence-electron chi connectivity index (χ1n) is 24.7. The Balaban J connectivity index is 1.77. The van der Waals surface area contributed by atoms with E-state index < -0.39 is 102 Å². The SMILES string of the molecule is CSCCC1NC(=O)C(NC(=O)C(CCCN=C(N)N)NC(C)=O)CC(=O)NCCCCC(C(N)=O)NC(=O)C(Cc2c[nH]c3ccccc23)NC(=O)C(CCCN=C(N)N)NC(=O)C(Cc2ccccc2)NC1=O. The van der Waals surface area contributed by atoms with Gasteiger partial charge in [-0.1, -0.05) is 48.5 Å². The second kappa shape index (κ2) is 31.0. The number of thioether (sulfide) groups is 1. The molecule has 7 atom stereocenters. The van der Waals surface area contributed by atoms with E-state index in [1.54, 1.807) is 42.8 Å². The molecule has 0 spiro atoms. The highest BCUT2D eigenvalue weighted by Gasteiger charge is 2.35. The maximum absolute atomic E-state index is 14.6. The number of para-hydroxylation sites is 1. The van der Waals surface area contributed by atoms with Crippen LogP contribution in [-0.2, 0) is 56.0 Å². The molecule has 1 saturated heterocycles. The number of amides is 9. The number of rotatable bonds is 19. The molecule has 2 aromatic carbocycles. The number of nitrogens with two attached hydrogens (primary N) is 5. The van der Waals surface area contributed by atoms with E-state index in [-0.39, 0.29) is 95.8 Å². The summed E-state index contributed by atoms with van der Waals surface area (Å²) in [5.74, 6) is -7.00. The fourth-order valence-corrected chi connectivity index (χ4v) is 8.64. The second-order valence-corrected chi connectivity index (χ2v) is 19.0. The molecule has 2 heterocycles. The summed E-state index contributed by atoms with van der Waals surface area (Å²) in [6, 6.07) is 6.70. The zero-order valence-corrected chi connectivity index (χ0v) is 43.1. The van der Waals surface area contributed by atoms with Gasteiger partial charge in [0.15, 0.2) is 11.9 Å². The van der Waals surface area contributed by atoms with Crippen molar-refractivity contribution in [3.63, 3.8) is 0 Å². The second-order valence-electron chi connectivity index (χ2n) is 18.0. The number of carbonyl (C=O) groups excluding carboxylic acids is 9. The van der Waals surface area contributed by atoms with Crippen LogP contribution in [0.5, 0.6) is 0 Å². The normalized spacial score (nSPS) is 21.1. The zero-order valence-electron chi connectivity index (χ0n) is 42.3. The van der Waals surface area contributed by atoms with Crippen LogP contribution >= 0.6 is 11.8 Å². The molecule has 7 unspecified atom stereocenters. The van der Waals surface area contributed by atoms with Gasteiger partial charge in [-0.3, -0.25) is 53.1 Å². The van der Waals surface area contributed by atoms with Crippen LogP contribution in [0.25, 0.3) is 10.9 Å². The number of aliphatic imine (C=N–C) groups is 2. The van der Waals surface area contributed by atoms with Gasteiger partial charge in [0.2, 0.25) is 53.2 Å². The summed E-state index contributed by atoms with van der Waals surface area (Å²) in [7, 11) is 0. The van der Waals surface area contributed by atoms with Crippen LogP contribution in [0.15, 0.2) is 70.8 Å². The van der Waals surface area contributed by atoms with Gasteiger partial charge in [-0.05, 0) is 80.6 Å². The van der Waals surface area contributed by atoms with Crippen LogP contribution in [0.2, 0.25) is 0 Å². The van der Waals surface area contributed by atoms with Gasteiger partial charge in [0.25, 0.3) is 0 Å². The smallest absolute Gasteiger partial charge is 0.243 e. The van der Waals surface area contributed by atoms with Crippen LogP contribution in [0.4, 0.5) is 0 Å². The van der Waals surface area contributed by atoms with Gasteiger partial charge in [0.05, 0.1) is 6.42 Å². The maximum atomic E-state index is 14.6. The van der Waals surface area contributed by atoms with E-state index in [9.17, 15) is 43.2 Å². The van der Waals surface area contributed by atoms with Crippen molar-refractivity contribution in [3.8, 4) is 0 Å². The van der Waals surface area contributed by atoms with E-state index in [4.69, 9.17) is 28.7 Å². The number of primary amides is 1. The summed E-state index contributed by atoms with van der Waals surface area (Å²) in [5, 5.41) is 22.3. The van der Waals surface area contributed by atoms with Gasteiger partial charge in [0.1, 0.15) is 42.3 Å². The number of nitrogens with one attached hydrogen (secondary N) is 9. The van der Waals surface area contributed by atoms with Crippen molar-refractivity contribution in [2.75, 3.05) is 31.6 Å². The number of fused-ring (bicyclic) bond motifs is 1. The molecule has 75 heavy (non-hydrogen) atoms. The van der Waals surface area contributed by atoms with E-state index in [1.165, 1.54) is 18.7 Å². The summed E-state index contributed by atoms with van der Waals surface area (Å²) >= 11 is 1.37. The quantitative estimate of drug-likeness (QED) is 0.0333. The molecule has 1 aliphatic heterocycles. The van der Waals surface area contributed by atoms with Gasteiger partial charge >= 0.3 is 0 Å². The molecule has 0 bridgehead atoms. The highest BCUT2D eigenvalue weighted by atomic mass is 32.2. The molecule has 0 saturated carbocycles. The Morgan fingerprint density at radius 2 is 1.29 bits per heavy atom. The van der Waals surface area contributed by atoms with Crippen LogP contribution < -0.4 is 71.2 Å². The van der Waals surface area contributed by atoms with Crippen molar-refractivity contribution >= 4 is 87.7 Å². The summed E-state index contributed by atoms with van der Waals surface area (Å²) < 4.78 is 0. The summed E-state index contributed by atoms with van der Waals surface area (Å²) in [4.78, 5) is 136. The number of H-pyrrole nitrogens is 1. The number of aromatic nitrogens is 1. The van der Waals surface area contributed by atoms with Crippen molar-refractivity contribution in [2.24, 2.45) is 38.7 Å². The standard InChI is InChI=1S/C49H72N16O9S/c1-28(66)59-34(17-10-21-56-48(51)52)42(69)65-39-26-40(67)55-20-9-8-16-33(41(50)68)60-46(73)38(25-30-27-58-32-15-7-6-14-31(30)32)64-43(70)35(18-11-22-57-49(53)54)61-45(72)37(24-29-12-4-3-5-13-29)63-44(71)36(19-23-75-2)62-47(39)74/h3-7,12-15,27,33-39,58H,8-11,16-26H2,1-2H3,(H2,50,68)(H,55,67)(H,59,66)(H,60,73)(H,61,72)(H,62,74)(H,63,71)(H,64,70)(H,65,69)(H4,51,52,56)(H4,53,54,57). The maximum Gasteiger partial charge on any atom is 0.243 e. The average molecular weight is 1060 g/mol. The lowest BCUT2D eigenvalue weighted by molar-refractivity contribution is -0.136. The lowest BCUT2D eigenvalue weighted by Crippen LogP contribution is -2.60. The molecule has 1 fully saturated rings. The van der Waals surface area contributed by atoms with E-state index >= 15 is 0 Å². The topological polar surface area (TPSA) is 420 Å². The summed E-state index contributed by atoms with van der Waals surface area (Å²) in [6.07, 6.45) is 3.75. The van der Waals surface area contributed by atoms with Crippen LogP contribution in [-0.4, -0.2) is 144 Å². The van der Waals surface area contributed by atoms with Crippen LogP contribution in [0.1, 0.15) is 75.8 Å². The van der Waals surface area contributed by atoms with Crippen LogP contribution in [0.3, 0.4) is 0 Å². The van der Waals surface area contributed by atoms with Gasteiger partial charge < -0.3 is 76.2 Å². The minimum absolute atomic E-state index is 0.0320. The molecule has 3 aromatic rings. The highest BCUT2D eigenvalue weighted by Crippen LogP contribution is 2.20. The number of benzene rings is 2. The minimum Gasteiger partial charge on any atom is -0.370 e. The number of hydrogen-bond donors (Lipinski definition) is 14. The van der Waals surface area contributed by atoms with Crippen molar-refractivity contribution in [1.82, 2.24) is 47.5 Å². The molecule has 19 N–H and O–H groups in total. The average Bonchev–Trinajstić information content (AvgIpc) is 3.77. The fraction of sp³-hybridized carbons (Fsp3) is 0.490. The van der Waals surface area contributed by atoms with Gasteiger partial charge in [-0.25, -0.2) is 0 Å². The highest BCUT2D eigenvalue weighted by molar-refractivity contribution is 7.98. The van der Waals surface area contributed by atoms with Gasteiger partial charge in [-0.15, -0.1) is 0 Å². The molecule has 0 radical (unpaired) electrons. The monoisotopic (exact) mass is 1060 g/mol. The predicted molar refractivity (Wildman–Crippen MR) is 285 cm³/mol. The Bertz CT molecular complexity index is 2500. The van der Waals surface area contributed by atoms with E-state index in [1.807, 2.05) is 24.3 Å². The Labute approximate surface area is 439 Å².